The average Bonchev–Trinajstić information content (AvgIpc) is 2.77. The number of rotatable bonds is 10. The minimum atomic E-state index is -0.902. The number of carbonyl (C=O) groups is 2. The molecule has 0 heterocycles. The molecule has 1 amide bonds. The molecule has 0 aromatic heterocycles. The van der Waals surface area contributed by atoms with E-state index in [9.17, 15) is 9.59 Å². The Morgan fingerprint density at radius 1 is 1.08 bits per heavy atom. The Balaban J connectivity index is 1.83. The Kier molecular flexibility index (Phi) is 9.03. The van der Waals surface area contributed by atoms with Crippen LogP contribution in [0.2, 0.25) is 5.02 Å². The molecule has 1 saturated carbocycles. The smallest absolute Gasteiger partial charge is 0.408 e. The summed E-state index contributed by atoms with van der Waals surface area (Å²) >= 11 is 6.14. The first-order chi connectivity index (χ1) is 17.0. The maximum absolute atomic E-state index is 12.9. The van der Waals surface area contributed by atoms with Crippen LogP contribution in [0, 0.1) is 5.41 Å². The molecule has 196 valence electrons. The minimum absolute atomic E-state index is 0.109. The Bertz CT molecular complexity index is 1040. The summed E-state index contributed by atoms with van der Waals surface area (Å²) < 4.78 is 16.4. The summed E-state index contributed by atoms with van der Waals surface area (Å²) in [6.45, 7) is 7.51. The van der Waals surface area contributed by atoms with E-state index in [0.29, 0.717) is 24.3 Å². The average molecular weight is 518 g/mol. The summed E-state index contributed by atoms with van der Waals surface area (Å²) in [7, 11) is 0. The molecule has 2 N–H and O–H groups in total. The molecular weight excluding hydrogens is 482 g/mol. The van der Waals surface area contributed by atoms with Crippen molar-refractivity contribution < 1.29 is 28.9 Å². The van der Waals surface area contributed by atoms with E-state index in [1.807, 2.05) is 48.5 Å². The Hall–Kier alpha value is -2.61. The Labute approximate surface area is 218 Å². The third kappa shape index (κ3) is 7.21. The van der Waals surface area contributed by atoms with E-state index in [-0.39, 0.29) is 32.4 Å². The lowest BCUT2D eigenvalue weighted by molar-refractivity contribution is -0.175. The van der Waals surface area contributed by atoms with E-state index in [4.69, 9.17) is 30.9 Å². The molecule has 0 aliphatic heterocycles. The number of hydrogen-bond donors (Lipinski definition) is 2. The van der Waals surface area contributed by atoms with Crippen LogP contribution < -0.4 is 5.32 Å². The second-order valence-corrected chi connectivity index (χ2v) is 10.9. The van der Waals surface area contributed by atoms with Crippen molar-refractivity contribution in [3.8, 4) is 11.1 Å². The van der Waals surface area contributed by atoms with Gasteiger partial charge in [0.05, 0.1) is 31.8 Å². The second-order valence-electron chi connectivity index (χ2n) is 10.4. The molecule has 2 aromatic rings. The molecule has 1 aliphatic rings. The van der Waals surface area contributed by atoms with Gasteiger partial charge in [0.1, 0.15) is 5.60 Å². The first kappa shape index (κ1) is 28.0. The molecule has 0 spiro atoms. The van der Waals surface area contributed by atoms with Crippen LogP contribution in [-0.4, -0.2) is 54.7 Å². The molecule has 3 rings (SSSR count). The summed E-state index contributed by atoms with van der Waals surface area (Å²) in [5.41, 5.74) is 0.779. The fourth-order valence-electron chi connectivity index (χ4n) is 4.82. The van der Waals surface area contributed by atoms with E-state index >= 15 is 0 Å². The van der Waals surface area contributed by atoms with E-state index in [1.165, 1.54) is 0 Å². The zero-order chi connectivity index (χ0) is 26.4. The van der Waals surface area contributed by atoms with Gasteiger partial charge in [-0.15, -0.1) is 0 Å². The minimum Gasteiger partial charge on any atom is -0.465 e. The normalized spacial score (nSPS) is 21.4. The lowest BCUT2D eigenvalue weighted by Crippen LogP contribution is -2.67. The molecule has 0 bridgehead atoms. The molecule has 2 aromatic carbocycles. The van der Waals surface area contributed by atoms with Crippen LogP contribution >= 0.6 is 11.6 Å². The number of aliphatic hydroxyl groups excluding tert-OH is 1. The highest BCUT2D eigenvalue weighted by molar-refractivity contribution is 6.30. The summed E-state index contributed by atoms with van der Waals surface area (Å²) in [6.07, 6.45) is 0.634. The molecule has 0 unspecified atom stereocenters. The maximum Gasteiger partial charge on any atom is 0.408 e. The van der Waals surface area contributed by atoms with Gasteiger partial charge in [0.25, 0.3) is 0 Å². The first-order valence-corrected chi connectivity index (χ1v) is 12.6. The van der Waals surface area contributed by atoms with Gasteiger partial charge in [-0.2, -0.15) is 0 Å². The molecule has 0 radical (unpaired) electrons. The number of alkyl carbamates (subject to hydrolysis) is 1. The number of halogens is 1. The summed E-state index contributed by atoms with van der Waals surface area (Å²) in [6, 6.07) is 15.7. The lowest BCUT2D eigenvalue weighted by Gasteiger charge is -2.54. The van der Waals surface area contributed by atoms with Gasteiger partial charge < -0.3 is 24.6 Å². The molecule has 36 heavy (non-hydrogen) atoms. The molecule has 1 fully saturated rings. The van der Waals surface area contributed by atoms with Crippen LogP contribution in [0.25, 0.3) is 11.1 Å². The van der Waals surface area contributed by atoms with Gasteiger partial charge in [0, 0.05) is 10.6 Å². The molecule has 1 aliphatic carbocycles. The van der Waals surface area contributed by atoms with Gasteiger partial charge >= 0.3 is 12.1 Å². The standard InChI is InChI=1S/C28H36ClNO6/c1-5-35-24(32)27(19-34-14-13-31)17-28(18-27,30-25(33)36-26(2,3)4)16-20-9-11-21(12-10-20)22-7-6-8-23(29)15-22/h6-12,15,31H,5,13-14,16-19H2,1-4H3,(H,30,33)/t27-,28-. The van der Waals surface area contributed by atoms with E-state index in [1.54, 1.807) is 27.7 Å². The van der Waals surface area contributed by atoms with E-state index in [2.05, 4.69) is 5.32 Å². The van der Waals surface area contributed by atoms with E-state index in [0.717, 1.165) is 16.7 Å². The molecule has 0 atom stereocenters. The zero-order valence-electron chi connectivity index (χ0n) is 21.4. The highest BCUT2D eigenvalue weighted by atomic mass is 35.5. The van der Waals surface area contributed by atoms with Crippen molar-refractivity contribution >= 4 is 23.7 Å². The quantitative estimate of drug-likeness (QED) is 0.334. The van der Waals surface area contributed by atoms with Crippen molar-refractivity contribution in [2.45, 2.75) is 58.1 Å². The predicted octanol–water partition coefficient (Wildman–Crippen LogP) is 5.17. The van der Waals surface area contributed by atoms with Crippen molar-refractivity contribution in [2.75, 3.05) is 26.4 Å². The number of amides is 1. The lowest BCUT2D eigenvalue weighted by atomic mass is 9.55. The topological polar surface area (TPSA) is 94.1 Å². The van der Waals surface area contributed by atoms with Crippen LogP contribution in [0.3, 0.4) is 0 Å². The van der Waals surface area contributed by atoms with Crippen LogP contribution in [0.15, 0.2) is 48.5 Å². The van der Waals surface area contributed by atoms with Gasteiger partial charge in [-0.05, 0) is 75.8 Å². The van der Waals surface area contributed by atoms with E-state index < -0.39 is 22.6 Å². The fraction of sp³-hybridized carbons (Fsp3) is 0.500. The van der Waals surface area contributed by atoms with Crippen molar-refractivity contribution in [1.29, 1.82) is 0 Å². The highest BCUT2D eigenvalue weighted by Crippen LogP contribution is 2.51. The molecular formula is C28H36ClNO6. The van der Waals surface area contributed by atoms with Gasteiger partial charge in [-0.3, -0.25) is 4.79 Å². The predicted molar refractivity (Wildman–Crippen MR) is 139 cm³/mol. The van der Waals surface area contributed by atoms with Crippen LogP contribution in [-0.2, 0) is 25.4 Å². The van der Waals surface area contributed by atoms with Crippen molar-refractivity contribution in [3.63, 3.8) is 0 Å². The molecule has 7 nitrogen and oxygen atoms in total. The van der Waals surface area contributed by atoms with Crippen LogP contribution in [0.1, 0.15) is 46.1 Å². The van der Waals surface area contributed by atoms with Gasteiger partial charge in [-0.25, -0.2) is 4.79 Å². The van der Waals surface area contributed by atoms with Gasteiger partial charge in [0.15, 0.2) is 0 Å². The largest absolute Gasteiger partial charge is 0.465 e. The van der Waals surface area contributed by atoms with Gasteiger partial charge in [0.2, 0.25) is 0 Å². The third-order valence-corrected chi connectivity index (χ3v) is 6.33. The SMILES string of the molecule is CCOC(=O)[C@]1(COCCO)C[C@@](Cc2ccc(-c3cccc(Cl)c3)cc2)(NC(=O)OC(C)(C)C)C1. The number of carbonyl (C=O) groups excluding carboxylic acids is 2. The molecule has 8 heteroatoms. The molecule has 0 saturated heterocycles. The van der Waals surface area contributed by atoms with Crippen molar-refractivity contribution in [2.24, 2.45) is 5.41 Å². The second kappa shape index (κ2) is 11.6. The number of ether oxygens (including phenoxy) is 3. The first-order valence-electron chi connectivity index (χ1n) is 12.2. The van der Waals surface area contributed by atoms with Crippen LogP contribution in [0.4, 0.5) is 4.79 Å². The monoisotopic (exact) mass is 517 g/mol. The van der Waals surface area contributed by atoms with Gasteiger partial charge in [-0.1, -0.05) is 48.0 Å². The van der Waals surface area contributed by atoms with Crippen LogP contribution in [0.5, 0.6) is 0 Å². The summed E-state index contributed by atoms with van der Waals surface area (Å²) in [5, 5.41) is 12.8. The van der Waals surface area contributed by atoms with Crippen molar-refractivity contribution in [1.82, 2.24) is 5.32 Å². The number of aliphatic hydroxyl groups is 1. The number of esters is 1. The number of nitrogens with one attached hydrogen (secondary N) is 1. The zero-order valence-corrected chi connectivity index (χ0v) is 22.2. The number of hydrogen-bond acceptors (Lipinski definition) is 6. The highest BCUT2D eigenvalue weighted by Gasteiger charge is 2.60. The summed E-state index contributed by atoms with van der Waals surface area (Å²) in [5.74, 6) is -0.360. The Morgan fingerprint density at radius 3 is 2.36 bits per heavy atom. The fourth-order valence-corrected chi connectivity index (χ4v) is 5.01. The third-order valence-electron chi connectivity index (χ3n) is 6.10. The number of benzene rings is 2. The van der Waals surface area contributed by atoms with Crippen molar-refractivity contribution in [3.05, 3.63) is 59.1 Å². The summed E-state index contributed by atoms with van der Waals surface area (Å²) in [4.78, 5) is 25.7. The Morgan fingerprint density at radius 2 is 1.78 bits per heavy atom. The maximum atomic E-state index is 12.9.